The van der Waals surface area contributed by atoms with Crippen molar-refractivity contribution < 1.29 is 13.2 Å². The number of sulfonamides is 1. The minimum atomic E-state index is -3.65. The standard InChI is InChI=1S/C20H27N3O3S/c1-15-8-5-9-16(2)19(15)22-20(24)17-10-6-11-18(14-17)27(25,26)21-12-7-13-23(3)4/h5-6,8-11,14,21H,7,12-13H2,1-4H3,(H,22,24). The molecule has 1 amide bonds. The fourth-order valence-corrected chi connectivity index (χ4v) is 3.81. The molecule has 0 aliphatic carbocycles. The number of para-hydroxylation sites is 1. The van der Waals surface area contributed by atoms with Crippen LogP contribution in [-0.4, -0.2) is 46.4 Å². The maximum absolute atomic E-state index is 12.6. The molecule has 0 unspecified atom stereocenters. The molecule has 2 aromatic carbocycles. The lowest BCUT2D eigenvalue weighted by atomic mass is 10.1. The van der Waals surface area contributed by atoms with Crippen LogP contribution in [0.1, 0.15) is 27.9 Å². The first-order chi connectivity index (χ1) is 12.7. The number of hydrogen-bond donors (Lipinski definition) is 2. The van der Waals surface area contributed by atoms with E-state index in [1.54, 1.807) is 12.1 Å². The molecule has 0 saturated heterocycles. The van der Waals surface area contributed by atoms with E-state index < -0.39 is 10.0 Å². The van der Waals surface area contributed by atoms with Crippen LogP contribution in [0, 0.1) is 13.8 Å². The van der Waals surface area contributed by atoms with E-state index in [9.17, 15) is 13.2 Å². The van der Waals surface area contributed by atoms with Crippen LogP contribution < -0.4 is 10.0 Å². The summed E-state index contributed by atoms with van der Waals surface area (Å²) in [6.45, 7) is 4.97. The SMILES string of the molecule is Cc1cccc(C)c1NC(=O)c1cccc(S(=O)(=O)NCCCN(C)C)c1. The fourth-order valence-electron chi connectivity index (χ4n) is 2.69. The Morgan fingerprint density at radius 1 is 1.04 bits per heavy atom. The van der Waals surface area contributed by atoms with Crippen LogP contribution in [-0.2, 0) is 10.0 Å². The second-order valence-corrected chi connectivity index (χ2v) is 8.57. The molecule has 27 heavy (non-hydrogen) atoms. The van der Waals surface area contributed by atoms with Gasteiger partial charge in [0.2, 0.25) is 10.0 Å². The van der Waals surface area contributed by atoms with E-state index in [4.69, 9.17) is 0 Å². The summed E-state index contributed by atoms with van der Waals surface area (Å²) < 4.78 is 27.5. The van der Waals surface area contributed by atoms with Crippen molar-refractivity contribution in [2.24, 2.45) is 0 Å². The van der Waals surface area contributed by atoms with Gasteiger partial charge in [-0.2, -0.15) is 0 Å². The second kappa shape index (κ2) is 9.12. The highest BCUT2D eigenvalue weighted by molar-refractivity contribution is 7.89. The Labute approximate surface area is 161 Å². The summed E-state index contributed by atoms with van der Waals surface area (Å²) in [5.74, 6) is -0.336. The third kappa shape index (κ3) is 5.89. The molecule has 0 heterocycles. The van der Waals surface area contributed by atoms with Crippen molar-refractivity contribution >= 4 is 21.6 Å². The van der Waals surface area contributed by atoms with Crippen LogP contribution in [0.5, 0.6) is 0 Å². The molecular formula is C20H27N3O3S. The third-order valence-electron chi connectivity index (χ3n) is 4.20. The van der Waals surface area contributed by atoms with Gasteiger partial charge in [-0.15, -0.1) is 0 Å². The topological polar surface area (TPSA) is 78.5 Å². The molecule has 0 atom stereocenters. The second-order valence-electron chi connectivity index (χ2n) is 6.80. The average molecular weight is 390 g/mol. The molecule has 2 rings (SSSR count). The largest absolute Gasteiger partial charge is 0.322 e. The molecule has 2 aromatic rings. The summed E-state index contributed by atoms with van der Waals surface area (Å²) >= 11 is 0. The predicted molar refractivity (Wildman–Crippen MR) is 109 cm³/mol. The quantitative estimate of drug-likeness (QED) is 0.681. The van der Waals surface area contributed by atoms with E-state index in [2.05, 4.69) is 10.0 Å². The number of hydrogen-bond acceptors (Lipinski definition) is 4. The Hall–Kier alpha value is -2.22. The van der Waals surface area contributed by atoms with E-state index in [-0.39, 0.29) is 10.8 Å². The molecule has 2 N–H and O–H groups in total. The van der Waals surface area contributed by atoms with Crippen molar-refractivity contribution in [3.63, 3.8) is 0 Å². The highest BCUT2D eigenvalue weighted by Crippen LogP contribution is 2.21. The lowest BCUT2D eigenvalue weighted by molar-refractivity contribution is 0.102. The Bertz CT molecular complexity index is 888. The molecule has 7 heteroatoms. The first-order valence-electron chi connectivity index (χ1n) is 8.83. The first-order valence-corrected chi connectivity index (χ1v) is 10.3. The van der Waals surface area contributed by atoms with E-state index in [0.29, 0.717) is 18.5 Å². The van der Waals surface area contributed by atoms with Gasteiger partial charge in [-0.3, -0.25) is 4.79 Å². The van der Waals surface area contributed by atoms with Crippen molar-refractivity contribution in [1.29, 1.82) is 0 Å². The van der Waals surface area contributed by atoms with E-state index >= 15 is 0 Å². The van der Waals surface area contributed by atoms with Gasteiger partial charge in [0.1, 0.15) is 0 Å². The molecule has 0 aromatic heterocycles. The number of benzene rings is 2. The van der Waals surface area contributed by atoms with E-state index in [0.717, 1.165) is 23.4 Å². The summed E-state index contributed by atoms with van der Waals surface area (Å²) in [6, 6.07) is 11.8. The lowest BCUT2D eigenvalue weighted by Gasteiger charge is -2.13. The summed E-state index contributed by atoms with van der Waals surface area (Å²) in [5.41, 5.74) is 2.95. The Balaban J connectivity index is 2.13. The number of carbonyl (C=O) groups excluding carboxylic acids is 1. The minimum Gasteiger partial charge on any atom is -0.322 e. The van der Waals surface area contributed by atoms with Crippen LogP contribution in [0.15, 0.2) is 47.4 Å². The first kappa shape index (κ1) is 21.1. The zero-order valence-electron chi connectivity index (χ0n) is 16.2. The zero-order chi connectivity index (χ0) is 20.0. The zero-order valence-corrected chi connectivity index (χ0v) is 17.1. The Morgan fingerprint density at radius 2 is 1.67 bits per heavy atom. The third-order valence-corrected chi connectivity index (χ3v) is 5.66. The van der Waals surface area contributed by atoms with Crippen LogP contribution >= 0.6 is 0 Å². The predicted octanol–water partition coefficient (Wildman–Crippen LogP) is 2.79. The van der Waals surface area contributed by atoms with Gasteiger partial charge in [-0.1, -0.05) is 24.3 Å². The highest BCUT2D eigenvalue weighted by atomic mass is 32.2. The van der Waals surface area contributed by atoms with Gasteiger partial charge in [-0.25, -0.2) is 13.1 Å². The summed E-state index contributed by atoms with van der Waals surface area (Å²) in [7, 11) is 0.223. The number of nitrogens with one attached hydrogen (secondary N) is 2. The Kier molecular flexibility index (Phi) is 7.12. The van der Waals surface area contributed by atoms with Crippen molar-refractivity contribution in [3.8, 4) is 0 Å². The molecule has 0 radical (unpaired) electrons. The molecule has 146 valence electrons. The molecule has 0 saturated carbocycles. The van der Waals surface area contributed by atoms with Crippen LogP contribution in [0.2, 0.25) is 0 Å². The molecule has 0 bridgehead atoms. The van der Waals surface area contributed by atoms with E-state index in [1.165, 1.54) is 12.1 Å². The lowest BCUT2D eigenvalue weighted by Crippen LogP contribution is -2.27. The summed E-state index contributed by atoms with van der Waals surface area (Å²) in [6.07, 6.45) is 0.707. The van der Waals surface area contributed by atoms with Crippen molar-refractivity contribution in [3.05, 3.63) is 59.2 Å². The number of aryl methyl sites for hydroxylation is 2. The van der Waals surface area contributed by atoms with Gasteiger partial charge >= 0.3 is 0 Å². The van der Waals surface area contributed by atoms with Gasteiger partial charge in [0.15, 0.2) is 0 Å². The fraction of sp³-hybridized carbons (Fsp3) is 0.350. The smallest absolute Gasteiger partial charge is 0.255 e. The maximum atomic E-state index is 12.6. The van der Waals surface area contributed by atoms with Crippen molar-refractivity contribution in [1.82, 2.24) is 9.62 Å². The molecule has 0 fully saturated rings. The molecule has 6 nitrogen and oxygen atoms in total. The van der Waals surface area contributed by atoms with Gasteiger partial charge in [0.25, 0.3) is 5.91 Å². The normalized spacial score (nSPS) is 11.6. The summed E-state index contributed by atoms with van der Waals surface area (Å²) in [4.78, 5) is 14.7. The number of rotatable bonds is 8. The van der Waals surface area contributed by atoms with Gasteiger partial charge in [0, 0.05) is 17.8 Å². The van der Waals surface area contributed by atoms with Crippen molar-refractivity contribution in [2.75, 3.05) is 32.5 Å². The number of carbonyl (C=O) groups is 1. The molecular weight excluding hydrogens is 362 g/mol. The monoisotopic (exact) mass is 389 g/mol. The minimum absolute atomic E-state index is 0.0847. The number of amides is 1. The summed E-state index contributed by atoms with van der Waals surface area (Å²) in [5, 5.41) is 2.88. The number of nitrogens with zero attached hydrogens (tertiary/aromatic N) is 1. The average Bonchev–Trinajstić information content (AvgIpc) is 2.62. The highest BCUT2D eigenvalue weighted by Gasteiger charge is 2.16. The van der Waals surface area contributed by atoms with Gasteiger partial charge < -0.3 is 10.2 Å². The van der Waals surface area contributed by atoms with Crippen molar-refractivity contribution in [2.45, 2.75) is 25.2 Å². The van der Waals surface area contributed by atoms with Crippen LogP contribution in [0.4, 0.5) is 5.69 Å². The molecule has 0 aliphatic heterocycles. The van der Waals surface area contributed by atoms with Gasteiger partial charge in [-0.05, 0) is 70.2 Å². The van der Waals surface area contributed by atoms with E-state index in [1.807, 2.05) is 51.0 Å². The molecule has 0 spiro atoms. The van der Waals surface area contributed by atoms with Crippen LogP contribution in [0.25, 0.3) is 0 Å². The van der Waals surface area contributed by atoms with Crippen LogP contribution in [0.3, 0.4) is 0 Å². The Morgan fingerprint density at radius 3 is 2.30 bits per heavy atom. The number of anilines is 1. The maximum Gasteiger partial charge on any atom is 0.255 e. The molecule has 0 aliphatic rings. The van der Waals surface area contributed by atoms with Gasteiger partial charge in [0.05, 0.1) is 4.90 Å².